The van der Waals surface area contributed by atoms with E-state index in [9.17, 15) is 8.42 Å². The molecule has 0 bridgehead atoms. The van der Waals surface area contributed by atoms with Crippen molar-refractivity contribution in [3.8, 4) is 6.07 Å². The lowest BCUT2D eigenvalue weighted by Crippen LogP contribution is -2.32. The smallest absolute Gasteiger partial charge is 0.270 e. The molecule has 0 aliphatic carbocycles. The van der Waals surface area contributed by atoms with Gasteiger partial charge in [0, 0.05) is 11.0 Å². The Labute approximate surface area is 116 Å². The van der Waals surface area contributed by atoms with Gasteiger partial charge in [-0.25, -0.2) is 0 Å². The van der Waals surface area contributed by atoms with Crippen molar-refractivity contribution in [3.05, 3.63) is 28.2 Å². The number of rotatable bonds is 5. The molecule has 0 aliphatic heterocycles. The topological polar surface area (TPSA) is 82.0 Å². The molecule has 1 rings (SSSR count). The van der Waals surface area contributed by atoms with Crippen molar-refractivity contribution in [3.63, 3.8) is 0 Å². The van der Waals surface area contributed by atoms with Crippen LogP contribution in [0.1, 0.15) is 19.4 Å². The summed E-state index contributed by atoms with van der Waals surface area (Å²) in [6.45, 7) is 4.20. The number of benzene rings is 1. The molecule has 98 valence electrons. The van der Waals surface area contributed by atoms with Crippen LogP contribution < -0.4 is 9.44 Å². The molecule has 0 aromatic heterocycles. The summed E-state index contributed by atoms with van der Waals surface area (Å²) in [6.07, 6.45) is 0. The Morgan fingerprint density at radius 2 is 2.11 bits per heavy atom. The maximum atomic E-state index is 11.7. The van der Waals surface area contributed by atoms with E-state index in [-0.39, 0.29) is 5.92 Å². The number of hydrogen-bond donors (Lipinski definition) is 2. The third-order valence-corrected chi connectivity index (χ3v) is 3.72. The summed E-state index contributed by atoms with van der Waals surface area (Å²) in [4.78, 5) is 0. The normalized spacial score (nSPS) is 11.3. The van der Waals surface area contributed by atoms with Crippen molar-refractivity contribution in [2.75, 3.05) is 11.3 Å². The number of nitrogens with zero attached hydrogens (tertiary/aromatic N) is 1. The second-order valence-corrected chi connectivity index (χ2v) is 6.51. The van der Waals surface area contributed by atoms with Crippen molar-refractivity contribution in [2.45, 2.75) is 13.8 Å². The van der Waals surface area contributed by atoms with Gasteiger partial charge in [-0.2, -0.15) is 18.4 Å². The van der Waals surface area contributed by atoms with Crippen molar-refractivity contribution in [2.24, 2.45) is 5.92 Å². The van der Waals surface area contributed by atoms with E-state index in [0.717, 1.165) is 0 Å². The van der Waals surface area contributed by atoms with Gasteiger partial charge in [0.2, 0.25) is 0 Å². The van der Waals surface area contributed by atoms with Crippen LogP contribution >= 0.6 is 15.9 Å². The Kier molecular flexibility index (Phi) is 5.14. The average molecular weight is 332 g/mol. The molecule has 0 saturated carbocycles. The van der Waals surface area contributed by atoms with Crippen LogP contribution in [0.15, 0.2) is 22.7 Å². The monoisotopic (exact) mass is 331 g/mol. The summed E-state index contributed by atoms with van der Waals surface area (Å²) in [6, 6.07) is 6.62. The van der Waals surface area contributed by atoms with Gasteiger partial charge in [-0.3, -0.25) is 4.72 Å². The van der Waals surface area contributed by atoms with E-state index in [4.69, 9.17) is 5.26 Å². The van der Waals surface area contributed by atoms with Crippen LogP contribution in [0.5, 0.6) is 0 Å². The Bertz CT molecular complexity index is 564. The van der Waals surface area contributed by atoms with Gasteiger partial charge in [-0.1, -0.05) is 13.8 Å². The minimum atomic E-state index is -3.58. The second kappa shape index (κ2) is 6.18. The van der Waals surface area contributed by atoms with E-state index >= 15 is 0 Å². The zero-order valence-electron chi connectivity index (χ0n) is 10.1. The lowest BCUT2D eigenvalue weighted by Gasteiger charge is -2.12. The highest BCUT2D eigenvalue weighted by atomic mass is 79.9. The summed E-state index contributed by atoms with van der Waals surface area (Å²) in [7, 11) is -3.58. The van der Waals surface area contributed by atoms with Crippen molar-refractivity contribution >= 4 is 31.8 Å². The first-order chi connectivity index (χ1) is 8.34. The van der Waals surface area contributed by atoms with Crippen LogP contribution in [0.25, 0.3) is 0 Å². The molecule has 0 amide bonds. The van der Waals surface area contributed by atoms with Crippen LogP contribution in [0.2, 0.25) is 0 Å². The molecule has 1 aromatic rings. The van der Waals surface area contributed by atoms with Crippen molar-refractivity contribution in [1.82, 2.24) is 4.72 Å². The van der Waals surface area contributed by atoms with Gasteiger partial charge < -0.3 is 0 Å². The fraction of sp³-hybridized carbons (Fsp3) is 0.364. The third kappa shape index (κ3) is 4.64. The summed E-state index contributed by atoms with van der Waals surface area (Å²) in [5, 5.41) is 8.71. The Morgan fingerprint density at radius 1 is 1.44 bits per heavy atom. The first kappa shape index (κ1) is 15.0. The number of halogens is 1. The van der Waals surface area contributed by atoms with E-state index < -0.39 is 10.2 Å². The lowest BCUT2D eigenvalue weighted by atomic mass is 10.2. The first-order valence-corrected chi connectivity index (χ1v) is 7.58. The summed E-state index contributed by atoms with van der Waals surface area (Å²) < 4.78 is 28.8. The Hall–Kier alpha value is -1.10. The molecule has 0 atom stereocenters. The zero-order chi connectivity index (χ0) is 13.8. The van der Waals surface area contributed by atoms with Crippen LogP contribution in [-0.4, -0.2) is 15.0 Å². The largest absolute Gasteiger partial charge is 0.299 e. The van der Waals surface area contributed by atoms with E-state index in [1.807, 2.05) is 19.9 Å². The number of nitriles is 1. The van der Waals surface area contributed by atoms with Crippen LogP contribution in [-0.2, 0) is 10.2 Å². The van der Waals surface area contributed by atoms with Gasteiger partial charge in [-0.05, 0) is 40.0 Å². The van der Waals surface area contributed by atoms with Gasteiger partial charge >= 0.3 is 0 Å². The van der Waals surface area contributed by atoms with Gasteiger partial charge in [-0.15, -0.1) is 0 Å². The highest BCUT2D eigenvalue weighted by Gasteiger charge is 2.12. The first-order valence-electron chi connectivity index (χ1n) is 5.31. The highest BCUT2D eigenvalue weighted by molar-refractivity contribution is 9.10. The highest BCUT2D eigenvalue weighted by Crippen LogP contribution is 2.24. The maximum absolute atomic E-state index is 11.7. The van der Waals surface area contributed by atoms with Crippen LogP contribution in [0, 0.1) is 17.2 Å². The standard InChI is InChI=1S/C11H14BrN3O2S/c1-8(2)7-14-18(16,17)15-11-4-3-9(6-13)5-10(11)12/h3-5,8,14-15H,7H2,1-2H3. The van der Waals surface area contributed by atoms with E-state index in [2.05, 4.69) is 25.4 Å². The summed E-state index contributed by atoms with van der Waals surface area (Å²) in [5.41, 5.74) is 0.852. The molecule has 2 N–H and O–H groups in total. The Balaban J connectivity index is 2.82. The predicted octanol–water partition coefficient (Wildman–Crippen LogP) is 2.22. The molecule has 0 spiro atoms. The maximum Gasteiger partial charge on any atom is 0.299 e. The Morgan fingerprint density at radius 3 is 2.61 bits per heavy atom. The van der Waals surface area contributed by atoms with Gasteiger partial charge in [0.05, 0.1) is 17.3 Å². The molecule has 5 nitrogen and oxygen atoms in total. The van der Waals surface area contributed by atoms with E-state index in [0.29, 0.717) is 22.3 Å². The molecule has 0 heterocycles. The summed E-state index contributed by atoms with van der Waals surface area (Å²) >= 11 is 3.21. The molecule has 0 fully saturated rings. The molecular weight excluding hydrogens is 318 g/mol. The average Bonchev–Trinajstić information content (AvgIpc) is 2.29. The number of anilines is 1. The molecule has 18 heavy (non-hydrogen) atoms. The zero-order valence-corrected chi connectivity index (χ0v) is 12.5. The third-order valence-electron chi connectivity index (χ3n) is 2.02. The molecule has 7 heteroatoms. The number of hydrogen-bond acceptors (Lipinski definition) is 3. The van der Waals surface area contributed by atoms with Gasteiger partial charge in [0.25, 0.3) is 10.2 Å². The molecule has 0 saturated heterocycles. The van der Waals surface area contributed by atoms with Crippen molar-refractivity contribution in [1.29, 1.82) is 5.26 Å². The van der Waals surface area contributed by atoms with E-state index in [1.54, 1.807) is 12.1 Å². The number of nitrogens with one attached hydrogen (secondary N) is 2. The minimum Gasteiger partial charge on any atom is -0.270 e. The predicted molar refractivity (Wildman–Crippen MR) is 74.2 cm³/mol. The van der Waals surface area contributed by atoms with Crippen LogP contribution in [0.3, 0.4) is 0 Å². The van der Waals surface area contributed by atoms with Crippen LogP contribution in [0.4, 0.5) is 5.69 Å². The molecule has 1 aromatic carbocycles. The lowest BCUT2D eigenvalue weighted by molar-refractivity contribution is 0.565. The van der Waals surface area contributed by atoms with Crippen molar-refractivity contribution < 1.29 is 8.42 Å². The molecular formula is C11H14BrN3O2S. The van der Waals surface area contributed by atoms with E-state index in [1.165, 1.54) is 6.07 Å². The van der Waals surface area contributed by atoms with Gasteiger partial charge in [0.15, 0.2) is 0 Å². The molecule has 0 aliphatic rings. The van der Waals surface area contributed by atoms with Gasteiger partial charge in [0.1, 0.15) is 0 Å². The molecule has 0 unspecified atom stereocenters. The SMILES string of the molecule is CC(C)CNS(=O)(=O)Nc1ccc(C#N)cc1Br. The molecule has 0 radical (unpaired) electrons. The second-order valence-electron chi connectivity index (χ2n) is 4.15. The fourth-order valence-electron chi connectivity index (χ4n) is 1.12. The summed E-state index contributed by atoms with van der Waals surface area (Å²) in [5.74, 6) is 0.228. The fourth-order valence-corrected chi connectivity index (χ4v) is 2.83. The quantitative estimate of drug-likeness (QED) is 0.867. The minimum absolute atomic E-state index is 0.228.